The van der Waals surface area contributed by atoms with E-state index in [4.69, 9.17) is 4.74 Å². The molecule has 2 amide bonds. The van der Waals surface area contributed by atoms with Crippen LogP contribution in [-0.4, -0.2) is 54.8 Å². The number of likely N-dealkylation sites (N-methyl/N-ethyl adjacent to an activating group) is 1. The number of ether oxygens (including phenoxy) is 1. The predicted molar refractivity (Wildman–Crippen MR) is 125 cm³/mol. The number of carbonyl (C=O) groups is 2. The molecule has 0 aliphatic carbocycles. The third kappa shape index (κ3) is 8.02. The third-order valence-corrected chi connectivity index (χ3v) is 4.80. The van der Waals surface area contributed by atoms with Crippen LogP contribution in [0.25, 0.3) is 0 Å². The molecular weight excluding hydrogens is 413 g/mol. The van der Waals surface area contributed by atoms with Crippen molar-refractivity contribution < 1.29 is 23.8 Å². The van der Waals surface area contributed by atoms with Gasteiger partial charge in [-0.15, -0.1) is 0 Å². The summed E-state index contributed by atoms with van der Waals surface area (Å²) in [4.78, 5) is 28.9. The maximum absolute atomic E-state index is 13.2. The Hall–Kier alpha value is -3.42. The van der Waals surface area contributed by atoms with Gasteiger partial charge in [0.1, 0.15) is 11.5 Å². The smallest absolute Gasteiger partial charge is 0.250 e. The fourth-order valence-electron chi connectivity index (χ4n) is 2.80. The molecule has 0 aromatic rings. The first-order chi connectivity index (χ1) is 15.1. The van der Waals surface area contributed by atoms with Crippen LogP contribution in [-0.2, 0) is 14.3 Å². The maximum atomic E-state index is 13.2. The summed E-state index contributed by atoms with van der Waals surface area (Å²) in [5.74, 6) is -0.560. The van der Waals surface area contributed by atoms with Crippen LogP contribution in [0.15, 0.2) is 76.1 Å². The van der Waals surface area contributed by atoms with Crippen molar-refractivity contribution >= 4 is 18.5 Å². The third-order valence-electron chi connectivity index (χ3n) is 4.80. The summed E-state index contributed by atoms with van der Waals surface area (Å²) in [5, 5.41) is 12.6. The molecule has 0 radical (unpaired) electrons. The fourth-order valence-corrected chi connectivity index (χ4v) is 2.80. The van der Waals surface area contributed by atoms with Gasteiger partial charge in [-0.05, 0) is 32.4 Å². The van der Waals surface area contributed by atoms with E-state index in [0.717, 1.165) is 0 Å². The zero-order chi connectivity index (χ0) is 24.3. The molecule has 1 heterocycles. The van der Waals surface area contributed by atoms with E-state index in [9.17, 15) is 19.1 Å². The molecule has 0 spiro atoms. The van der Waals surface area contributed by atoms with E-state index in [1.165, 1.54) is 38.1 Å². The minimum Gasteiger partial charge on any atom is -0.510 e. The Morgan fingerprint density at radius 2 is 2.09 bits per heavy atom. The molecule has 1 rings (SSSR count). The first-order valence-corrected chi connectivity index (χ1v) is 10.2. The van der Waals surface area contributed by atoms with Gasteiger partial charge in [-0.1, -0.05) is 25.3 Å². The zero-order valence-electron chi connectivity index (χ0n) is 19.2. The maximum Gasteiger partial charge on any atom is 0.250 e. The van der Waals surface area contributed by atoms with Crippen molar-refractivity contribution in [2.45, 2.75) is 39.7 Å². The Bertz CT molecular complexity index is 893. The number of halogens is 1. The molecule has 1 aliphatic rings. The number of carbonyl (C=O) groups excluding carboxylic acids is 2. The number of aliphatic hydroxyl groups is 1. The molecule has 1 saturated heterocycles. The molecule has 32 heavy (non-hydrogen) atoms. The number of rotatable bonds is 9. The summed E-state index contributed by atoms with van der Waals surface area (Å²) >= 11 is 0. The molecule has 2 N–H and O–H groups in total. The van der Waals surface area contributed by atoms with Gasteiger partial charge >= 0.3 is 0 Å². The van der Waals surface area contributed by atoms with Crippen LogP contribution >= 0.6 is 0 Å². The molecule has 0 aromatic heterocycles. The number of amides is 2. The summed E-state index contributed by atoms with van der Waals surface area (Å²) in [7, 11) is 1.47. The van der Waals surface area contributed by atoms with Gasteiger partial charge in [0.2, 0.25) is 12.3 Å². The second kappa shape index (κ2) is 13.1. The van der Waals surface area contributed by atoms with Crippen molar-refractivity contribution in [1.82, 2.24) is 10.2 Å². The van der Waals surface area contributed by atoms with E-state index in [-0.39, 0.29) is 36.2 Å². The molecule has 7 nitrogen and oxygen atoms in total. The van der Waals surface area contributed by atoms with Crippen LogP contribution in [0.2, 0.25) is 0 Å². The highest BCUT2D eigenvalue weighted by atomic mass is 19.1. The highest BCUT2D eigenvalue weighted by Gasteiger charge is 2.24. The van der Waals surface area contributed by atoms with Gasteiger partial charge < -0.3 is 20.1 Å². The lowest BCUT2D eigenvalue weighted by Crippen LogP contribution is -2.22. The van der Waals surface area contributed by atoms with Gasteiger partial charge in [-0.25, -0.2) is 4.39 Å². The molecule has 1 atom stereocenters. The molecule has 1 unspecified atom stereocenters. The van der Waals surface area contributed by atoms with Crippen molar-refractivity contribution in [3.63, 3.8) is 0 Å². The minimum absolute atomic E-state index is 0.133. The van der Waals surface area contributed by atoms with Gasteiger partial charge in [0.15, 0.2) is 0 Å². The van der Waals surface area contributed by atoms with Crippen molar-refractivity contribution in [3.8, 4) is 0 Å². The van der Waals surface area contributed by atoms with Crippen LogP contribution in [0.4, 0.5) is 4.39 Å². The van der Waals surface area contributed by atoms with E-state index in [0.29, 0.717) is 42.0 Å². The molecule has 1 fully saturated rings. The zero-order valence-corrected chi connectivity index (χ0v) is 19.2. The van der Waals surface area contributed by atoms with E-state index >= 15 is 0 Å². The largest absolute Gasteiger partial charge is 0.510 e. The molecule has 8 heteroatoms. The topological polar surface area (TPSA) is 91.2 Å². The van der Waals surface area contributed by atoms with Crippen molar-refractivity contribution in [2.24, 2.45) is 4.99 Å². The summed E-state index contributed by atoms with van der Waals surface area (Å²) in [5.41, 5.74) is 1.79. The van der Waals surface area contributed by atoms with Gasteiger partial charge in [0.05, 0.1) is 29.7 Å². The molecule has 1 aliphatic heterocycles. The average Bonchev–Trinajstić information content (AvgIpc) is 2.91. The monoisotopic (exact) mass is 445 g/mol. The average molecular weight is 446 g/mol. The Balaban J connectivity index is 3.44. The highest BCUT2D eigenvalue weighted by Crippen LogP contribution is 2.27. The van der Waals surface area contributed by atoms with E-state index in [2.05, 4.69) is 23.5 Å². The van der Waals surface area contributed by atoms with Gasteiger partial charge in [-0.2, -0.15) is 0 Å². The van der Waals surface area contributed by atoms with E-state index in [1.54, 1.807) is 12.2 Å². The number of nitrogens with zero attached hydrogens (tertiary/aromatic N) is 2. The summed E-state index contributed by atoms with van der Waals surface area (Å²) < 4.78 is 19.3. The summed E-state index contributed by atoms with van der Waals surface area (Å²) in [6.07, 6.45) is 7.39. The quantitative estimate of drug-likeness (QED) is 0.184. The Morgan fingerprint density at radius 1 is 1.41 bits per heavy atom. The van der Waals surface area contributed by atoms with Crippen LogP contribution in [0.3, 0.4) is 0 Å². The number of nitrogens with one attached hydrogen (secondary N) is 1. The molecule has 0 aromatic carbocycles. The second-order valence-electron chi connectivity index (χ2n) is 7.31. The molecule has 0 bridgehead atoms. The SMILES string of the molecule is C=C/C(=C\C=C(/C)F)C/C(C=NC/C(O)=C(\C)C(=O)NC)=C1\OC(C)CCN(C=O)C1=C. The molecule has 174 valence electrons. The lowest BCUT2D eigenvalue weighted by Gasteiger charge is -2.20. The standard InChI is InChI=1S/C24H32FN3O4/c1-7-20(9-8-16(2)25)12-21(13-27-14-22(30)18(4)24(31)26-6)23-19(5)28(15-29)11-10-17(3)32-23/h7-9,13,15,17,30H,1,5,10-12,14H2,2-4,6H3,(H,26,31)/b16-8+,20-9+,22-18-,23-21+,27-13?. The van der Waals surface area contributed by atoms with E-state index in [1.807, 2.05) is 6.92 Å². The number of aliphatic imine (C=N–C) groups is 1. The summed E-state index contributed by atoms with van der Waals surface area (Å²) in [6, 6.07) is 0. The number of hydrogen-bond acceptors (Lipinski definition) is 5. The fraction of sp³-hybridized carbons (Fsp3) is 0.375. The predicted octanol–water partition coefficient (Wildman–Crippen LogP) is 4.05. The molecular formula is C24H32FN3O4. The highest BCUT2D eigenvalue weighted by molar-refractivity contribution is 5.93. The molecule has 0 saturated carbocycles. The van der Waals surface area contributed by atoms with Crippen LogP contribution in [0, 0.1) is 0 Å². The van der Waals surface area contributed by atoms with E-state index < -0.39 is 5.91 Å². The van der Waals surface area contributed by atoms with Gasteiger partial charge in [-0.3, -0.25) is 14.6 Å². The Morgan fingerprint density at radius 3 is 2.66 bits per heavy atom. The van der Waals surface area contributed by atoms with Gasteiger partial charge in [0, 0.05) is 38.2 Å². The summed E-state index contributed by atoms with van der Waals surface area (Å²) in [6.45, 7) is 12.8. The lowest BCUT2D eigenvalue weighted by molar-refractivity contribution is -0.117. The Kier molecular flexibility index (Phi) is 10.9. The second-order valence-corrected chi connectivity index (χ2v) is 7.31. The van der Waals surface area contributed by atoms with Crippen molar-refractivity contribution in [3.05, 3.63) is 71.1 Å². The van der Waals surface area contributed by atoms with Crippen molar-refractivity contribution in [2.75, 3.05) is 20.1 Å². The van der Waals surface area contributed by atoms with Crippen molar-refractivity contribution in [1.29, 1.82) is 0 Å². The first-order valence-electron chi connectivity index (χ1n) is 10.2. The van der Waals surface area contributed by atoms with Crippen LogP contribution < -0.4 is 5.32 Å². The lowest BCUT2D eigenvalue weighted by atomic mass is 10.0. The first kappa shape index (κ1) is 26.6. The number of hydrogen-bond donors (Lipinski definition) is 2. The van der Waals surface area contributed by atoms with Crippen LogP contribution in [0.5, 0.6) is 0 Å². The van der Waals surface area contributed by atoms with Crippen LogP contribution in [0.1, 0.15) is 33.6 Å². The number of aliphatic hydroxyl groups excluding tert-OH is 1. The normalized spacial score (nSPS) is 20.3. The van der Waals surface area contributed by atoms with Gasteiger partial charge in [0.25, 0.3) is 0 Å². The number of allylic oxidation sites excluding steroid dienone is 6. The Labute approximate surface area is 189 Å². The minimum atomic E-state index is -0.405.